The molecule has 0 aliphatic carbocycles. The number of aromatic nitrogens is 1. The Morgan fingerprint density at radius 2 is 2.29 bits per heavy atom. The minimum absolute atomic E-state index is 0.0870. The number of aromatic hydroxyl groups is 1. The molecule has 0 bridgehead atoms. The summed E-state index contributed by atoms with van der Waals surface area (Å²) in [5.74, 6) is -0.786. The van der Waals surface area contributed by atoms with Gasteiger partial charge in [-0.25, -0.2) is 13.8 Å². The van der Waals surface area contributed by atoms with Crippen LogP contribution in [0.2, 0.25) is 0 Å². The molecular formula is C8H5ClF2N2O. The van der Waals surface area contributed by atoms with Gasteiger partial charge in [0.05, 0.1) is 11.6 Å². The largest absolute Gasteiger partial charge is 0.505 e. The van der Waals surface area contributed by atoms with E-state index in [0.29, 0.717) is 0 Å². The first kappa shape index (κ1) is 10.7. The van der Waals surface area contributed by atoms with Gasteiger partial charge in [0.25, 0.3) is 6.43 Å². The summed E-state index contributed by atoms with van der Waals surface area (Å²) in [6.45, 7) is 0. The molecule has 3 nitrogen and oxygen atoms in total. The Morgan fingerprint density at radius 1 is 1.64 bits per heavy atom. The van der Waals surface area contributed by atoms with Crippen molar-refractivity contribution < 1.29 is 13.9 Å². The van der Waals surface area contributed by atoms with Crippen LogP contribution in [0.5, 0.6) is 5.75 Å². The zero-order chi connectivity index (χ0) is 10.7. The summed E-state index contributed by atoms with van der Waals surface area (Å²) in [5.41, 5.74) is -0.836. The second kappa shape index (κ2) is 4.20. The highest BCUT2D eigenvalue weighted by Gasteiger charge is 2.17. The molecule has 74 valence electrons. The van der Waals surface area contributed by atoms with Gasteiger partial charge in [0.2, 0.25) is 0 Å². The summed E-state index contributed by atoms with van der Waals surface area (Å²) >= 11 is 5.37. The Kier molecular flexibility index (Phi) is 3.20. The lowest BCUT2D eigenvalue weighted by molar-refractivity contribution is 0.149. The van der Waals surface area contributed by atoms with E-state index in [4.69, 9.17) is 22.0 Å². The van der Waals surface area contributed by atoms with Gasteiger partial charge in [-0.3, -0.25) is 0 Å². The van der Waals surface area contributed by atoms with Crippen LogP contribution in [0, 0.1) is 11.3 Å². The molecule has 0 radical (unpaired) electrons. The minimum atomic E-state index is -2.77. The molecule has 0 saturated heterocycles. The van der Waals surface area contributed by atoms with E-state index in [-0.39, 0.29) is 17.3 Å². The molecule has 0 saturated carbocycles. The van der Waals surface area contributed by atoms with Crippen LogP contribution in [0.15, 0.2) is 6.07 Å². The van der Waals surface area contributed by atoms with Crippen LogP contribution in [0.3, 0.4) is 0 Å². The molecule has 1 N–H and O–H groups in total. The van der Waals surface area contributed by atoms with Crippen molar-refractivity contribution in [1.29, 1.82) is 5.26 Å². The monoisotopic (exact) mass is 218 g/mol. The lowest BCUT2D eigenvalue weighted by atomic mass is 10.2. The Bertz CT molecular complexity index is 390. The maximum absolute atomic E-state index is 12.3. The van der Waals surface area contributed by atoms with E-state index in [2.05, 4.69) is 4.98 Å². The van der Waals surface area contributed by atoms with Gasteiger partial charge in [0.1, 0.15) is 6.07 Å². The zero-order valence-electron chi connectivity index (χ0n) is 6.84. The van der Waals surface area contributed by atoms with Crippen LogP contribution < -0.4 is 0 Å². The Balaban J connectivity index is 3.33. The van der Waals surface area contributed by atoms with Crippen LogP contribution in [0.1, 0.15) is 23.4 Å². The fourth-order valence-electron chi connectivity index (χ4n) is 0.934. The molecule has 0 aromatic carbocycles. The average molecular weight is 219 g/mol. The molecule has 0 atom stereocenters. The number of nitriles is 1. The lowest BCUT2D eigenvalue weighted by Gasteiger charge is -2.06. The highest BCUT2D eigenvalue weighted by atomic mass is 35.5. The first-order valence-corrected chi connectivity index (χ1v) is 4.10. The Hall–Kier alpha value is -1.41. The van der Waals surface area contributed by atoms with Gasteiger partial charge in [0, 0.05) is 5.56 Å². The Morgan fingerprint density at radius 3 is 2.71 bits per heavy atom. The third-order valence-electron chi connectivity index (χ3n) is 1.58. The highest BCUT2D eigenvalue weighted by Crippen LogP contribution is 2.27. The number of hydrogen-bond donors (Lipinski definition) is 1. The van der Waals surface area contributed by atoms with Crippen molar-refractivity contribution >= 4 is 11.6 Å². The predicted molar refractivity (Wildman–Crippen MR) is 45.1 cm³/mol. The molecular weight excluding hydrogens is 214 g/mol. The molecule has 0 spiro atoms. The SMILES string of the molecule is N#Cc1nc(CCl)c(C(F)F)cc1O. The predicted octanol–water partition coefficient (Wildman–Crippen LogP) is 2.34. The topological polar surface area (TPSA) is 56.9 Å². The van der Waals surface area contributed by atoms with Gasteiger partial charge < -0.3 is 5.11 Å². The molecule has 14 heavy (non-hydrogen) atoms. The number of hydrogen-bond acceptors (Lipinski definition) is 3. The van der Waals surface area contributed by atoms with E-state index in [1.165, 1.54) is 0 Å². The van der Waals surface area contributed by atoms with Crippen molar-refractivity contribution in [3.63, 3.8) is 0 Å². The van der Waals surface area contributed by atoms with Crippen LogP contribution in [-0.4, -0.2) is 10.1 Å². The quantitative estimate of drug-likeness (QED) is 0.775. The summed E-state index contributed by atoms with van der Waals surface area (Å²) in [4.78, 5) is 3.51. The summed E-state index contributed by atoms with van der Waals surface area (Å²) in [6.07, 6.45) is -2.77. The van der Waals surface area contributed by atoms with Crippen LogP contribution in [-0.2, 0) is 5.88 Å². The number of pyridine rings is 1. The van der Waals surface area contributed by atoms with Gasteiger partial charge in [-0.2, -0.15) is 5.26 Å². The van der Waals surface area contributed by atoms with E-state index in [1.54, 1.807) is 6.07 Å². The van der Waals surface area contributed by atoms with Gasteiger partial charge in [0.15, 0.2) is 11.4 Å². The average Bonchev–Trinajstić information content (AvgIpc) is 2.17. The molecule has 1 aromatic rings. The molecule has 6 heteroatoms. The summed E-state index contributed by atoms with van der Waals surface area (Å²) in [6, 6.07) is 2.38. The van der Waals surface area contributed by atoms with Crippen LogP contribution in [0.4, 0.5) is 8.78 Å². The number of nitrogens with zero attached hydrogens (tertiary/aromatic N) is 2. The van der Waals surface area contributed by atoms with Gasteiger partial charge in [-0.15, -0.1) is 11.6 Å². The molecule has 0 amide bonds. The molecule has 1 aromatic heterocycles. The second-order valence-corrected chi connectivity index (χ2v) is 2.71. The molecule has 0 aliphatic heterocycles. The second-order valence-electron chi connectivity index (χ2n) is 2.44. The van der Waals surface area contributed by atoms with Crippen molar-refractivity contribution in [1.82, 2.24) is 4.98 Å². The number of alkyl halides is 3. The summed E-state index contributed by atoms with van der Waals surface area (Å²) in [5, 5.41) is 17.6. The highest BCUT2D eigenvalue weighted by molar-refractivity contribution is 6.17. The fraction of sp³-hybridized carbons (Fsp3) is 0.250. The number of halogens is 3. The first-order valence-electron chi connectivity index (χ1n) is 3.57. The maximum Gasteiger partial charge on any atom is 0.265 e. The van der Waals surface area contributed by atoms with Gasteiger partial charge in [-0.05, 0) is 6.07 Å². The third-order valence-corrected chi connectivity index (χ3v) is 1.84. The minimum Gasteiger partial charge on any atom is -0.505 e. The van der Waals surface area contributed by atoms with E-state index in [9.17, 15) is 8.78 Å². The van der Waals surface area contributed by atoms with E-state index in [0.717, 1.165) is 6.07 Å². The zero-order valence-corrected chi connectivity index (χ0v) is 7.59. The normalized spacial score (nSPS) is 10.2. The van der Waals surface area contributed by atoms with Crippen molar-refractivity contribution in [3.8, 4) is 11.8 Å². The van der Waals surface area contributed by atoms with E-state index in [1.807, 2.05) is 0 Å². The number of rotatable bonds is 2. The molecule has 1 rings (SSSR count). The summed E-state index contributed by atoms with van der Waals surface area (Å²) in [7, 11) is 0. The van der Waals surface area contributed by atoms with E-state index < -0.39 is 17.7 Å². The third kappa shape index (κ3) is 1.91. The van der Waals surface area contributed by atoms with Crippen LogP contribution >= 0.6 is 11.6 Å². The lowest BCUT2D eigenvalue weighted by Crippen LogP contribution is -1.98. The standard InChI is InChI=1S/C8H5ClF2N2O/c9-2-5-4(8(10)11)1-7(14)6(3-12)13-5/h1,8,14H,2H2. The maximum atomic E-state index is 12.3. The first-order chi connectivity index (χ1) is 6.60. The summed E-state index contributed by atoms with van der Waals surface area (Å²) < 4.78 is 24.7. The molecule has 0 aliphatic rings. The smallest absolute Gasteiger partial charge is 0.265 e. The molecule has 0 fully saturated rings. The molecule has 1 heterocycles. The van der Waals surface area contributed by atoms with E-state index >= 15 is 0 Å². The van der Waals surface area contributed by atoms with Crippen molar-refractivity contribution in [2.75, 3.05) is 0 Å². The fourth-order valence-corrected chi connectivity index (χ4v) is 1.15. The molecule has 0 unspecified atom stereocenters. The van der Waals surface area contributed by atoms with Crippen molar-refractivity contribution in [3.05, 3.63) is 23.0 Å². The van der Waals surface area contributed by atoms with Gasteiger partial charge >= 0.3 is 0 Å². The Labute approximate surface area is 83.6 Å². The van der Waals surface area contributed by atoms with Crippen LogP contribution in [0.25, 0.3) is 0 Å². The van der Waals surface area contributed by atoms with Crippen molar-refractivity contribution in [2.45, 2.75) is 12.3 Å². The van der Waals surface area contributed by atoms with Crippen molar-refractivity contribution in [2.24, 2.45) is 0 Å². The van der Waals surface area contributed by atoms with Gasteiger partial charge in [-0.1, -0.05) is 0 Å².